The summed E-state index contributed by atoms with van der Waals surface area (Å²) in [7, 11) is 0. The summed E-state index contributed by atoms with van der Waals surface area (Å²) in [6.45, 7) is 3.42. The van der Waals surface area contributed by atoms with Crippen LogP contribution in [0.3, 0.4) is 0 Å². The minimum atomic E-state index is -0.171. The smallest absolute Gasteiger partial charge is 0.253 e. The molecule has 0 bridgehead atoms. The van der Waals surface area contributed by atoms with Gasteiger partial charge in [0.1, 0.15) is 5.82 Å². The average molecular weight is 367 g/mol. The summed E-state index contributed by atoms with van der Waals surface area (Å²) in [5.74, 6) is -0.0696. The molecule has 142 valence electrons. The van der Waals surface area contributed by atoms with E-state index in [2.05, 4.69) is 9.88 Å². The maximum absolute atomic E-state index is 13.6. The number of carbonyl (C=O) groups excluding carboxylic acids is 1. The molecule has 1 amide bonds. The standard InChI is InChI=1S/C22H26FN3O/c23-20-5-1-4-18(16-20)17-26-14-3-9-22(26)8-2-13-25(15-10-22)21(27)19-6-11-24-12-7-19/h1,4-7,11-12,16H,2-3,8-10,13-15,17H2/t22-/m1/s1. The molecule has 3 heterocycles. The van der Waals surface area contributed by atoms with Crippen molar-refractivity contribution in [1.29, 1.82) is 0 Å². The van der Waals surface area contributed by atoms with Crippen LogP contribution < -0.4 is 0 Å². The lowest BCUT2D eigenvalue weighted by Gasteiger charge is -2.38. The fraction of sp³-hybridized carbons (Fsp3) is 0.455. The first-order valence-corrected chi connectivity index (χ1v) is 9.85. The van der Waals surface area contributed by atoms with Gasteiger partial charge in [-0.3, -0.25) is 14.7 Å². The lowest BCUT2D eigenvalue weighted by molar-refractivity contribution is 0.0738. The summed E-state index contributed by atoms with van der Waals surface area (Å²) in [4.78, 5) is 21.3. The van der Waals surface area contributed by atoms with Crippen LogP contribution in [0.2, 0.25) is 0 Å². The average Bonchev–Trinajstić information content (AvgIpc) is 2.93. The van der Waals surface area contributed by atoms with Gasteiger partial charge in [-0.1, -0.05) is 12.1 Å². The van der Waals surface area contributed by atoms with Crippen LogP contribution in [-0.4, -0.2) is 45.9 Å². The van der Waals surface area contributed by atoms with E-state index in [9.17, 15) is 9.18 Å². The van der Waals surface area contributed by atoms with Crippen LogP contribution in [0.25, 0.3) is 0 Å². The molecule has 4 nitrogen and oxygen atoms in total. The van der Waals surface area contributed by atoms with Crippen molar-refractivity contribution in [2.45, 2.75) is 44.2 Å². The number of hydrogen-bond acceptors (Lipinski definition) is 3. The van der Waals surface area contributed by atoms with Gasteiger partial charge in [-0.25, -0.2) is 4.39 Å². The Hall–Kier alpha value is -2.27. The monoisotopic (exact) mass is 367 g/mol. The molecule has 4 rings (SSSR count). The van der Waals surface area contributed by atoms with Crippen molar-refractivity contribution in [3.8, 4) is 0 Å². The normalized spacial score (nSPS) is 23.5. The van der Waals surface area contributed by atoms with E-state index in [1.54, 1.807) is 36.7 Å². The lowest BCUT2D eigenvalue weighted by Crippen LogP contribution is -2.44. The molecule has 2 saturated heterocycles. The van der Waals surface area contributed by atoms with Gasteiger partial charge in [0.25, 0.3) is 5.91 Å². The van der Waals surface area contributed by atoms with Crippen molar-refractivity contribution in [3.63, 3.8) is 0 Å². The largest absolute Gasteiger partial charge is 0.339 e. The van der Waals surface area contributed by atoms with E-state index in [-0.39, 0.29) is 17.3 Å². The fourth-order valence-corrected chi connectivity index (χ4v) is 4.72. The topological polar surface area (TPSA) is 36.4 Å². The van der Waals surface area contributed by atoms with E-state index in [1.165, 1.54) is 18.9 Å². The van der Waals surface area contributed by atoms with Crippen molar-refractivity contribution < 1.29 is 9.18 Å². The van der Waals surface area contributed by atoms with Gasteiger partial charge < -0.3 is 4.90 Å². The second kappa shape index (κ2) is 7.77. The Morgan fingerprint density at radius 3 is 2.59 bits per heavy atom. The van der Waals surface area contributed by atoms with Crippen molar-refractivity contribution >= 4 is 5.91 Å². The Morgan fingerprint density at radius 1 is 1.04 bits per heavy atom. The van der Waals surface area contributed by atoms with Gasteiger partial charge in [0.05, 0.1) is 0 Å². The van der Waals surface area contributed by atoms with Crippen LogP contribution in [-0.2, 0) is 6.54 Å². The number of rotatable bonds is 3. The van der Waals surface area contributed by atoms with Crippen LogP contribution in [0.5, 0.6) is 0 Å². The zero-order valence-corrected chi connectivity index (χ0v) is 15.6. The number of pyridine rings is 1. The van der Waals surface area contributed by atoms with Gasteiger partial charge in [0, 0.05) is 43.1 Å². The maximum atomic E-state index is 13.6. The van der Waals surface area contributed by atoms with Gasteiger partial charge in [0.15, 0.2) is 0 Å². The van der Waals surface area contributed by atoms with Gasteiger partial charge in [-0.15, -0.1) is 0 Å². The first-order valence-electron chi connectivity index (χ1n) is 9.85. The fourth-order valence-electron chi connectivity index (χ4n) is 4.72. The third kappa shape index (κ3) is 3.88. The molecule has 1 atom stereocenters. The Bertz CT molecular complexity index is 797. The van der Waals surface area contributed by atoms with Gasteiger partial charge in [-0.2, -0.15) is 0 Å². The first-order chi connectivity index (χ1) is 13.2. The Morgan fingerprint density at radius 2 is 1.81 bits per heavy atom. The van der Waals surface area contributed by atoms with E-state index in [1.807, 2.05) is 11.0 Å². The highest BCUT2D eigenvalue weighted by atomic mass is 19.1. The number of halogens is 1. The predicted molar refractivity (Wildman–Crippen MR) is 103 cm³/mol. The third-order valence-electron chi connectivity index (χ3n) is 6.14. The number of hydrogen-bond donors (Lipinski definition) is 0. The number of nitrogens with zero attached hydrogens (tertiary/aromatic N) is 3. The summed E-state index contributed by atoms with van der Waals surface area (Å²) in [5, 5.41) is 0. The lowest BCUT2D eigenvalue weighted by atomic mass is 9.87. The first kappa shape index (κ1) is 18.1. The van der Waals surface area contributed by atoms with E-state index in [0.717, 1.165) is 51.0 Å². The Balaban J connectivity index is 1.46. The van der Waals surface area contributed by atoms with Gasteiger partial charge >= 0.3 is 0 Å². The molecule has 2 fully saturated rings. The highest BCUT2D eigenvalue weighted by molar-refractivity contribution is 5.94. The van der Waals surface area contributed by atoms with Crippen LogP contribution in [0.15, 0.2) is 48.8 Å². The number of benzene rings is 1. The van der Waals surface area contributed by atoms with Gasteiger partial charge in [0.2, 0.25) is 0 Å². The van der Waals surface area contributed by atoms with Crippen molar-refractivity contribution in [2.24, 2.45) is 0 Å². The number of aromatic nitrogens is 1. The molecule has 2 aromatic rings. The zero-order valence-electron chi connectivity index (χ0n) is 15.6. The molecule has 2 aliphatic rings. The molecule has 1 aromatic heterocycles. The SMILES string of the molecule is O=C(c1ccncc1)N1CCC[C@@]2(CCCN2Cc2cccc(F)c2)CC1. The molecule has 0 unspecified atom stereocenters. The molecule has 27 heavy (non-hydrogen) atoms. The molecule has 0 radical (unpaired) electrons. The molecule has 0 saturated carbocycles. The summed E-state index contributed by atoms with van der Waals surface area (Å²) in [6.07, 6.45) is 8.78. The van der Waals surface area contributed by atoms with E-state index in [0.29, 0.717) is 5.56 Å². The summed E-state index contributed by atoms with van der Waals surface area (Å²) < 4.78 is 13.6. The summed E-state index contributed by atoms with van der Waals surface area (Å²) >= 11 is 0. The minimum absolute atomic E-state index is 0.101. The van der Waals surface area contributed by atoms with Gasteiger partial charge in [-0.05, 0) is 68.5 Å². The van der Waals surface area contributed by atoms with E-state index in [4.69, 9.17) is 0 Å². The Kier molecular flexibility index (Phi) is 5.21. The number of amides is 1. The van der Waals surface area contributed by atoms with Crippen molar-refractivity contribution in [1.82, 2.24) is 14.8 Å². The van der Waals surface area contributed by atoms with Crippen LogP contribution in [0.4, 0.5) is 4.39 Å². The van der Waals surface area contributed by atoms with E-state index >= 15 is 0 Å². The number of carbonyl (C=O) groups is 1. The van der Waals surface area contributed by atoms with Crippen LogP contribution >= 0.6 is 0 Å². The van der Waals surface area contributed by atoms with Crippen LogP contribution in [0.1, 0.15) is 48.0 Å². The van der Waals surface area contributed by atoms with Crippen LogP contribution in [0, 0.1) is 5.82 Å². The quantitative estimate of drug-likeness (QED) is 0.826. The minimum Gasteiger partial charge on any atom is -0.339 e. The maximum Gasteiger partial charge on any atom is 0.253 e. The van der Waals surface area contributed by atoms with Crippen molar-refractivity contribution in [2.75, 3.05) is 19.6 Å². The molecule has 0 N–H and O–H groups in total. The summed E-state index contributed by atoms with van der Waals surface area (Å²) in [5.41, 5.74) is 1.88. The molecular formula is C22H26FN3O. The summed E-state index contributed by atoms with van der Waals surface area (Å²) in [6, 6.07) is 10.5. The molecule has 0 aliphatic carbocycles. The third-order valence-corrected chi connectivity index (χ3v) is 6.14. The molecule has 1 aromatic carbocycles. The second-order valence-electron chi connectivity index (χ2n) is 7.76. The number of likely N-dealkylation sites (tertiary alicyclic amines) is 2. The molecule has 1 spiro atoms. The molecular weight excluding hydrogens is 341 g/mol. The predicted octanol–water partition coefficient (Wildman–Crippen LogP) is 3.88. The van der Waals surface area contributed by atoms with Crippen molar-refractivity contribution in [3.05, 3.63) is 65.7 Å². The highest BCUT2D eigenvalue weighted by Gasteiger charge is 2.42. The van der Waals surface area contributed by atoms with E-state index < -0.39 is 0 Å². The molecule has 5 heteroatoms. The Labute approximate surface area is 160 Å². The molecule has 2 aliphatic heterocycles. The highest BCUT2D eigenvalue weighted by Crippen LogP contribution is 2.39. The zero-order chi connectivity index (χ0) is 18.7. The second-order valence-corrected chi connectivity index (χ2v) is 7.76.